The van der Waals surface area contributed by atoms with Crippen molar-refractivity contribution in [1.29, 1.82) is 0 Å². The second-order valence-corrected chi connectivity index (χ2v) is 4.80. The highest BCUT2D eigenvalue weighted by molar-refractivity contribution is 5.75. The summed E-state index contributed by atoms with van der Waals surface area (Å²) in [6, 6.07) is 11.7. The van der Waals surface area contributed by atoms with E-state index in [4.69, 9.17) is 9.15 Å². The molecule has 21 heavy (non-hydrogen) atoms. The quantitative estimate of drug-likeness (QED) is 0.849. The van der Waals surface area contributed by atoms with Gasteiger partial charge >= 0.3 is 0 Å². The van der Waals surface area contributed by atoms with Crippen LogP contribution in [0.1, 0.15) is 37.0 Å². The molecule has 0 spiro atoms. The van der Waals surface area contributed by atoms with Crippen molar-refractivity contribution in [3.63, 3.8) is 0 Å². The summed E-state index contributed by atoms with van der Waals surface area (Å²) < 4.78 is 11.0. The van der Waals surface area contributed by atoms with E-state index in [9.17, 15) is 4.79 Å². The van der Waals surface area contributed by atoms with Crippen LogP contribution >= 0.6 is 0 Å². The summed E-state index contributed by atoms with van der Waals surface area (Å²) in [5, 5.41) is 2.91. The molecule has 2 aromatic rings. The zero-order chi connectivity index (χ0) is 15.1. The number of furan rings is 1. The van der Waals surface area contributed by atoms with Crippen molar-refractivity contribution in [2.45, 2.75) is 25.7 Å². The first-order valence-corrected chi connectivity index (χ1v) is 7.19. The predicted octanol–water partition coefficient (Wildman–Crippen LogP) is 3.34. The first-order valence-electron chi connectivity index (χ1n) is 7.19. The Morgan fingerprint density at radius 1 is 1.29 bits per heavy atom. The fraction of sp³-hybridized carbons (Fsp3) is 0.353. The molecule has 4 heteroatoms. The number of carbonyl (C=O) groups is 1. The Morgan fingerprint density at radius 3 is 2.76 bits per heavy atom. The lowest BCUT2D eigenvalue weighted by molar-refractivity contribution is -0.120. The van der Waals surface area contributed by atoms with Gasteiger partial charge in [-0.25, -0.2) is 0 Å². The molecule has 0 aliphatic rings. The molecule has 0 bridgehead atoms. The van der Waals surface area contributed by atoms with Gasteiger partial charge in [-0.3, -0.25) is 4.79 Å². The average Bonchev–Trinajstić information content (AvgIpc) is 3.05. The Hall–Kier alpha value is -2.23. The molecule has 0 fully saturated rings. The van der Waals surface area contributed by atoms with E-state index in [1.165, 1.54) is 0 Å². The third-order valence-corrected chi connectivity index (χ3v) is 3.48. The molecule has 0 saturated heterocycles. The summed E-state index contributed by atoms with van der Waals surface area (Å²) in [5.41, 5.74) is 1.07. The number of hydrogen-bond donors (Lipinski definition) is 1. The van der Waals surface area contributed by atoms with Gasteiger partial charge in [0.1, 0.15) is 11.5 Å². The van der Waals surface area contributed by atoms with E-state index >= 15 is 0 Å². The number of carbonyl (C=O) groups excluding carboxylic acids is 1. The van der Waals surface area contributed by atoms with Crippen LogP contribution in [0.2, 0.25) is 0 Å². The van der Waals surface area contributed by atoms with E-state index in [2.05, 4.69) is 5.32 Å². The Morgan fingerprint density at radius 2 is 2.10 bits per heavy atom. The zero-order valence-electron chi connectivity index (χ0n) is 12.5. The summed E-state index contributed by atoms with van der Waals surface area (Å²) in [5.74, 6) is 1.84. The van der Waals surface area contributed by atoms with Crippen LogP contribution in [-0.2, 0) is 4.79 Å². The SMILES string of the molecule is CCC(=O)NCC[C@@H](c1ccco1)c1ccccc1OC. The number of amides is 1. The molecule has 1 aromatic heterocycles. The number of nitrogens with one attached hydrogen (secondary N) is 1. The Bertz CT molecular complexity index is 563. The monoisotopic (exact) mass is 287 g/mol. The molecular formula is C17H21NO3. The highest BCUT2D eigenvalue weighted by Crippen LogP contribution is 2.34. The fourth-order valence-electron chi connectivity index (χ4n) is 2.38. The van der Waals surface area contributed by atoms with Gasteiger partial charge < -0.3 is 14.5 Å². The number of hydrogen-bond acceptors (Lipinski definition) is 3. The van der Waals surface area contributed by atoms with Crippen LogP contribution in [0, 0.1) is 0 Å². The van der Waals surface area contributed by atoms with E-state index in [-0.39, 0.29) is 11.8 Å². The summed E-state index contributed by atoms with van der Waals surface area (Å²) >= 11 is 0. The molecule has 112 valence electrons. The van der Waals surface area contributed by atoms with E-state index < -0.39 is 0 Å². The first-order chi connectivity index (χ1) is 10.3. The van der Waals surface area contributed by atoms with Crippen LogP contribution < -0.4 is 10.1 Å². The van der Waals surface area contributed by atoms with Crippen LogP contribution in [-0.4, -0.2) is 19.6 Å². The zero-order valence-corrected chi connectivity index (χ0v) is 12.5. The van der Waals surface area contributed by atoms with Gasteiger partial charge in [0.2, 0.25) is 5.91 Å². The minimum Gasteiger partial charge on any atom is -0.496 e. The molecule has 1 aromatic carbocycles. The summed E-state index contributed by atoms with van der Waals surface area (Å²) in [6.45, 7) is 2.45. The summed E-state index contributed by atoms with van der Waals surface area (Å²) in [6.07, 6.45) is 2.93. The Labute approximate surface area is 125 Å². The van der Waals surface area contributed by atoms with E-state index in [1.807, 2.05) is 43.3 Å². The summed E-state index contributed by atoms with van der Waals surface area (Å²) in [4.78, 5) is 11.4. The predicted molar refractivity (Wildman–Crippen MR) is 81.5 cm³/mol. The van der Waals surface area contributed by atoms with Gasteiger partial charge in [-0.15, -0.1) is 0 Å². The molecule has 0 saturated carbocycles. The number of methoxy groups -OCH3 is 1. The largest absolute Gasteiger partial charge is 0.496 e. The minimum absolute atomic E-state index is 0.0632. The average molecular weight is 287 g/mol. The lowest BCUT2D eigenvalue weighted by Gasteiger charge is -2.18. The van der Waals surface area contributed by atoms with Gasteiger partial charge in [-0.05, 0) is 24.6 Å². The third kappa shape index (κ3) is 3.88. The number of rotatable bonds is 7. The molecule has 1 atom stereocenters. The van der Waals surface area contributed by atoms with Crippen molar-refractivity contribution in [2.75, 3.05) is 13.7 Å². The second-order valence-electron chi connectivity index (χ2n) is 4.80. The van der Waals surface area contributed by atoms with E-state index in [0.29, 0.717) is 13.0 Å². The van der Waals surface area contributed by atoms with Gasteiger partial charge in [0.05, 0.1) is 13.4 Å². The number of ether oxygens (including phenoxy) is 1. The van der Waals surface area contributed by atoms with E-state index in [1.54, 1.807) is 13.4 Å². The van der Waals surface area contributed by atoms with Crippen molar-refractivity contribution in [3.8, 4) is 5.75 Å². The van der Waals surface area contributed by atoms with Crippen molar-refractivity contribution < 1.29 is 13.9 Å². The van der Waals surface area contributed by atoms with Crippen molar-refractivity contribution in [1.82, 2.24) is 5.32 Å². The molecular weight excluding hydrogens is 266 g/mol. The normalized spacial score (nSPS) is 11.9. The van der Waals surface area contributed by atoms with E-state index in [0.717, 1.165) is 23.5 Å². The highest BCUT2D eigenvalue weighted by Gasteiger charge is 2.20. The first kappa shape index (κ1) is 15.2. The van der Waals surface area contributed by atoms with Crippen LogP contribution in [0.4, 0.5) is 0 Å². The molecule has 0 aliphatic heterocycles. The Balaban J connectivity index is 2.18. The maximum atomic E-state index is 11.4. The highest BCUT2D eigenvalue weighted by atomic mass is 16.5. The molecule has 1 N–H and O–H groups in total. The van der Waals surface area contributed by atoms with Crippen molar-refractivity contribution in [3.05, 3.63) is 54.0 Å². The maximum absolute atomic E-state index is 11.4. The van der Waals surface area contributed by atoms with Gasteiger partial charge in [-0.1, -0.05) is 25.1 Å². The minimum atomic E-state index is 0.0632. The van der Waals surface area contributed by atoms with Crippen LogP contribution in [0.3, 0.4) is 0 Å². The molecule has 0 unspecified atom stereocenters. The fourth-order valence-corrected chi connectivity index (χ4v) is 2.38. The molecule has 1 amide bonds. The molecule has 4 nitrogen and oxygen atoms in total. The number of benzene rings is 1. The number of para-hydroxylation sites is 1. The standard InChI is InChI=1S/C17H21NO3/c1-3-17(19)18-11-10-14(16-9-6-12-21-16)13-7-4-5-8-15(13)20-2/h4-9,12,14H,3,10-11H2,1-2H3,(H,18,19)/t14-/m1/s1. The maximum Gasteiger partial charge on any atom is 0.219 e. The van der Waals surface area contributed by atoms with Crippen molar-refractivity contribution in [2.24, 2.45) is 0 Å². The molecule has 2 rings (SSSR count). The smallest absolute Gasteiger partial charge is 0.219 e. The topological polar surface area (TPSA) is 51.5 Å². The Kier molecular flexibility index (Phi) is 5.43. The van der Waals surface area contributed by atoms with Gasteiger partial charge in [-0.2, -0.15) is 0 Å². The van der Waals surface area contributed by atoms with Gasteiger partial charge in [0.15, 0.2) is 0 Å². The molecule has 0 radical (unpaired) electrons. The molecule has 0 aliphatic carbocycles. The van der Waals surface area contributed by atoms with Gasteiger partial charge in [0, 0.05) is 24.4 Å². The van der Waals surface area contributed by atoms with Gasteiger partial charge in [0.25, 0.3) is 0 Å². The lowest BCUT2D eigenvalue weighted by Crippen LogP contribution is -2.24. The summed E-state index contributed by atoms with van der Waals surface area (Å²) in [7, 11) is 1.66. The van der Waals surface area contributed by atoms with Crippen LogP contribution in [0.5, 0.6) is 5.75 Å². The van der Waals surface area contributed by atoms with Crippen LogP contribution in [0.15, 0.2) is 47.1 Å². The lowest BCUT2D eigenvalue weighted by atomic mass is 9.92. The molecule has 1 heterocycles. The third-order valence-electron chi connectivity index (χ3n) is 3.48. The van der Waals surface area contributed by atoms with Crippen molar-refractivity contribution >= 4 is 5.91 Å². The second kappa shape index (κ2) is 7.53. The van der Waals surface area contributed by atoms with Crippen LogP contribution in [0.25, 0.3) is 0 Å².